The van der Waals surface area contributed by atoms with Crippen LogP contribution >= 0.6 is 11.8 Å². The van der Waals surface area contributed by atoms with Crippen molar-refractivity contribution in [3.05, 3.63) is 82.3 Å². The van der Waals surface area contributed by atoms with Gasteiger partial charge in [0.25, 0.3) is 5.56 Å². The number of rotatable bonds is 5. The Labute approximate surface area is 173 Å². The van der Waals surface area contributed by atoms with Crippen molar-refractivity contribution in [3.63, 3.8) is 0 Å². The Morgan fingerprint density at radius 3 is 2.41 bits per heavy atom. The molecule has 4 rings (SSSR count). The van der Waals surface area contributed by atoms with E-state index in [9.17, 15) is 4.79 Å². The molecule has 0 fully saturated rings. The SMILES string of the molecule is COc1ccc(Cn2c(=O)c(-c3ccccc3)cc3c(C)nc(SC)nc32)cc1. The van der Waals surface area contributed by atoms with Crippen LogP contribution in [0.3, 0.4) is 0 Å². The van der Waals surface area contributed by atoms with Gasteiger partial charge in [-0.05, 0) is 42.5 Å². The summed E-state index contributed by atoms with van der Waals surface area (Å²) >= 11 is 1.47. The number of benzene rings is 2. The summed E-state index contributed by atoms with van der Waals surface area (Å²) in [5.41, 5.74) is 3.99. The van der Waals surface area contributed by atoms with Crippen LogP contribution in [0.1, 0.15) is 11.3 Å². The van der Waals surface area contributed by atoms with Gasteiger partial charge in [0.15, 0.2) is 5.16 Å². The molecule has 146 valence electrons. The summed E-state index contributed by atoms with van der Waals surface area (Å²) in [6.45, 7) is 2.38. The van der Waals surface area contributed by atoms with Crippen molar-refractivity contribution < 1.29 is 4.74 Å². The van der Waals surface area contributed by atoms with E-state index in [-0.39, 0.29) is 5.56 Å². The third kappa shape index (κ3) is 3.76. The monoisotopic (exact) mass is 403 g/mol. The topological polar surface area (TPSA) is 57.0 Å². The normalized spacial score (nSPS) is 11.0. The zero-order valence-corrected chi connectivity index (χ0v) is 17.4. The minimum Gasteiger partial charge on any atom is -0.497 e. The van der Waals surface area contributed by atoms with Crippen molar-refractivity contribution in [2.24, 2.45) is 0 Å². The van der Waals surface area contributed by atoms with Crippen molar-refractivity contribution in [2.45, 2.75) is 18.6 Å². The number of aryl methyl sites for hydroxylation is 1. The molecule has 6 heteroatoms. The smallest absolute Gasteiger partial charge is 0.260 e. The summed E-state index contributed by atoms with van der Waals surface area (Å²) < 4.78 is 6.99. The molecule has 0 aliphatic carbocycles. The first-order chi connectivity index (χ1) is 14.1. The molecule has 29 heavy (non-hydrogen) atoms. The van der Waals surface area contributed by atoms with Gasteiger partial charge in [0.2, 0.25) is 0 Å². The average Bonchev–Trinajstić information content (AvgIpc) is 2.76. The molecule has 2 heterocycles. The number of aromatic nitrogens is 3. The highest BCUT2D eigenvalue weighted by Crippen LogP contribution is 2.24. The van der Waals surface area contributed by atoms with E-state index in [0.29, 0.717) is 22.9 Å². The molecule has 2 aromatic heterocycles. The Bertz CT molecular complexity index is 1220. The lowest BCUT2D eigenvalue weighted by molar-refractivity contribution is 0.414. The number of methoxy groups -OCH3 is 1. The second-order valence-electron chi connectivity index (χ2n) is 6.70. The highest BCUT2D eigenvalue weighted by molar-refractivity contribution is 7.98. The van der Waals surface area contributed by atoms with Crippen LogP contribution in [-0.4, -0.2) is 27.9 Å². The molecule has 0 aliphatic rings. The first-order valence-corrected chi connectivity index (χ1v) is 10.5. The van der Waals surface area contributed by atoms with Crippen LogP contribution in [0.4, 0.5) is 0 Å². The van der Waals surface area contributed by atoms with Crippen LogP contribution in [0.15, 0.2) is 70.6 Å². The third-order valence-corrected chi connectivity index (χ3v) is 5.43. The summed E-state index contributed by atoms with van der Waals surface area (Å²) in [5.74, 6) is 0.784. The molecule has 0 aliphatic heterocycles. The first kappa shape index (κ1) is 19.2. The van der Waals surface area contributed by atoms with Crippen LogP contribution in [0.25, 0.3) is 22.2 Å². The Balaban J connectivity index is 1.97. The number of pyridine rings is 1. The average molecular weight is 404 g/mol. The Kier molecular flexibility index (Phi) is 5.36. The number of hydrogen-bond donors (Lipinski definition) is 0. The number of fused-ring (bicyclic) bond motifs is 1. The molecular formula is C23H21N3O2S. The predicted octanol–water partition coefficient (Wildman–Crippen LogP) is 4.55. The highest BCUT2D eigenvalue weighted by Gasteiger charge is 2.15. The molecule has 0 amide bonds. The number of nitrogens with zero attached hydrogens (tertiary/aromatic N) is 3. The van der Waals surface area contributed by atoms with E-state index in [1.807, 2.05) is 73.8 Å². The van der Waals surface area contributed by atoms with Gasteiger partial charge < -0.3 is 4.74 Å². The fourth-order valence-electron chi connectivity index (χ4n) is 3.34. The maximum absolute atomic E-state index is 13.5. The van der Waals surface area contributed by atoms with Gasteiger partial charge in [-0.25, -0.2) is 9.97 Å². The fraction of sp³-hybridized carbons (Fsp3) is 0.174. The van der Waals surface area contributed by atoms with Crippen LogP contribution in [0.5, 0.6) is 5.75 Å². The lowest BCUT2D eigenvalue weighted by Gasteiger charge is -2.15. The largest absolute Gasteiger partial charge is 0.497 e. The second kappa shape index (κ2) is 8.09. The molecule has 0 atom stereocenters. The molecular weight excluding hydrogens is 382 g/mol. The Morgan fingerprint density at radius 1 is 1.03 bits per heavy atom. The van der Waals surface area contributed by atoms with E-state index in [0.717, 1.165) is 28.0 Å². The molecule has 4 aromatic rings. The van der Waals surface area contributed by atoms with Gasteiger partial charge in [-0.3, -0.25) is 9.36 Å². The second-order valence-corrected chi connectivity index (χ2v) is 7.47. The number of ether oxygens (including phenoxy) is 1. The molecule has 0 unspecified atom stereocenters. The Hall–Kier alpha value is -3.12. The van der Waals surface area contributed by atoms with Gasteiger partial charge in [-0.15, -0.1) is 0 Å². The summed E-state index contributed by atoms with van der Waals surface area (Å²) in [6.07, 6.45) is 1.94. The van der Waals surface area contributed by atoms with E-state index in [1.54, 1.807) is 11.7 Å². The summed E-state index contributed by atoms with van der Waals surface area (Å²) in [4.78, 5) is 22.7. The molecule has 0 radical (unpaired) electrons. The van der Waals surface area contributed by atoms with E-state index < -0.39 is 0 Å². The van der Waals surface area contributed by atoms with Crippen molar-refractivity contribution in [1.82, 2.24) is 14.5 Å². The molecule has 0 saturated carbocycles. The fourth-order valence-corrected chi connectivity index (χ4v) is 3.75. The zero-order chi connectivity index (χ0) is 20.4. The van der Waals surface area contributed by atoms with E-state index in [2.05, 4.69) is 9.97 Å². The zero-order valence-electron chi connectivity index (χ0n) is 16.5. The third-order valence-electron chi connectivity index (χ3n) is 4.88. The summed E-state index contributed by atoms with van der Waals surface area (Å²) in [7, 11) is 1.64. The maximum atomic E-state index is 13.5. The molecule has 0 N–H and O–H groups in total. The quantitative estimate of drug-likeness (QED) is 0.362. The van der Waals surface area contributed by atoms with Crippen molar-refractivity contribution in [2.75, 3.05) is 13.4 Å². The number of thioether (sulfide) groups is 1. The van der Waals surface area contributed by atoms with E-state index in [4.69, 9.17) is 4.74 Å². The predicted molar refractivity (Wildman–Crippen MR) is 118 cm³/mol. The van der Waals surface area contributed by atoms with Gasteiger partial charge in [-0.2, -0.15) is 0 Å². The molecule has 0 saturated heterocycles. The standard InChI is InChI=1S/C23H21N3O2S/c1-15-19-13-20(17-7-5-4-6-8-17)22(27)26(21(19)25-23(24-15)29-3)14-16-9-11-18(28-2)12-10-16/h4-13H,14H2,1-3H3. The lowest BCUT2D eigenvalue weighted by Crippen LogP contribution is -2.24. The van der Waals surface area contributed by atoms with Crippen LogP contribution in [0.2, 0.25) is 0 Å². The minimum atomic E-state index is -0.0651. The van der Waals surface area contributed by atoms with Crippen LogP contribution in [-0.2, 0) is 6.54 Å². The molecule has 5 nitrogen and oxygen atoms in total. The minimum absolute atomic E-state index is 0.0651. The van der Waals surface area contributed by atoms with Gasteiger partial charge in [-0.1, -0.05) is 54.2 Å². The molecule has 2 aromatic carbocycles. The maximum Gasteiger partial charge on any atom is 0.260 e. The van der Waals surface area contributed by atoms with Crippen molar-refractivity contribution >= 4 is 22.8 Å². The van der Waals surface area contributed by atoms with Crippen LogP contribution < -0.4 is 10.3 Å². The van der Waals surface area contributed by atoms with Gasteiger partial charge in [0.05, 0.1) is 19.3 Å². The van der Waals surface area contributed by atoms with Gasteiger partial charge in [0.1, 0.15) is 11.4 Å². The Morgan fingerprint density at radius 2 is 1.76 bits per heavy atom. The lowest BCUT2D eigenvalue weighted by atomic mass is 10.0. The van der Waals surface area contributed by atoms with Crippen molar-refractivity contribution in [3.8, 4) is 16.9 Å². The molecule has 0 spiro atoms. The van der Waals surface area contributed by atoms with Crippen LogP contribution in [0, 0.1) is 6.92 Å². The summed E-state index contributed by atoms with van der Waals surface area (Å²) in [6, 6.07) is 19.4. The highest BCUT2D eigenvalue weighted by atomic mass is 32.2. The molecule has 0 bridgehead atoms. The first-order valence-electron chi connectivity index (χ1n) is 9.25. The van der Waals surface area contributed by atoms with Gasteiger partial charge in [0, 0.05) is 10.9 Å². The van der Waals surface area contributed by atoms with E-state index >= 15 is 0 Å². The van der Waals surface area contributed by atoms with E-state index in [1.165, 1.54) is 11.8 Å². The van der Waals surface area contributed by atoms with Gasteiger partial charge >= 0.3 is 0 Å². The number of hydrogen-bond acceptors (Lipinski definition) is 5. The van der Waals surface area contributed by atoms with Crippen molar-refractivity contribution in [1.29, 1.82) is 0 Å². The summed E-state index contributed by atoms with van der Waals surface area (Å²) in [5, 5.41) is 1.54.